The number of likely N-dealkylation sites (tertiary alicyclic amines) is 2. The van der Waals surface area contributed by atoms with E-state index in [4.69, 9.17) is 15.2 Å². The highest BCUT2D eigenvalue weighted by Gasteiger charge is 2.51. The monoisotopic (exact) mass is 787 g/mol. The lowest BCUT2D eigenvalue weighted by Gasteiger charge is -2.32. The Hall–Kier alpha value is -5.61. The minimum atomic E-state index is -1.36. The molecule has 5 atom stereocenters. The van der Waals surface area contributed by atoms with Crippen molar-refractivity contribution in [1.82, 2.24) is 25.0 Å². The molecule has 2 aromatic carbocycles. The second-order valence-corrected chi connectivity index (χ2v) is 16.4. The number of aliphatic hydroxyl groups excluding tert-OH is 1. The molecular weight excluding hydrogens is 734 g/mol. The summed E-state index contributed by atoms with van der Waals surface area (Å²) in [5.41, 5.74) is 5.79. The van der Waals surface area contributed by atoms with Gasteiger partial charge in [-0.2, -0.15) is 0 Å². The van der Waals surface area contributed by atoms with Crippen molar-refractivity contribution in [3.05, 3.63) is 72.4 Å². The van der Waals surface area contributed by atoms with Gasteiger partial charge >= 0.3 is 12.2 Å². The molecule has 2 aliphatic rings. The minimum absolute atomic E-state index is 0.0198. The Bertz CT molecular complexity index is 1960. The zero-order valence-corrected chi connectivity index (χ0v) is 33.3. The number of nitrogens with zero attached hydrogens (tertiary/aromatic N) is 4. The molecule has 0 radical (unpaired) electrons. The summed E-state index contributed by atoms with van der Waals surface area (Å²) in [5, 5.41) is 17.2. The van der Waals surface area contributed by atoms with Crippen LogP contribution in [0.25, 0.3) is 10.9 Å². The molecule has 3 heterocycles. The smallest absolute Gasteiger partial charge is 0.417 e. The lowest BCUT2D eigenvalue weighted by Crippen LogP contribution is -2.53. The van der Waals surface area contributed by atoms with Gasteiger partial charge in [0, 0.05) is 24.5 Å². The van der Waals surface area contributed by atoms with Gasteiger partial charge in [-0.05, 0) is 84.9 Å². The summed E-state index contributed by atoms with van der Waals surface area (Å²) in [7, 11) is 0. The summed E-state index contributed by atoms with van der Waals surface area (Å²) in [6, 6.07) is 14.2. The van der Waals surface area contributed by atoms with Crippen molar-refractivity contribution in [3.63, 3.8) is 0 Å². The molecule has 2 aliphatic heterocycles. The highest BCUT2D eigenvalue weighted by Crippen LogP contribution is 2.31. The van der Waals surface area contributed by atoms with Crippen molar-refractivity contribution in [2.45, 2.75) is 109 Å². The van der Waals surface area contributed by atoms with Gasteiger partial charge in [-0.15, -0.1) is 0 Å². The normalized spacial score (nSPS) is 20.1. The number of carbonyl (C=O) groups excluding carboxylic acids is 6. The van der Waals surface area contributed by atoms with Crippen molar-refractivity contribution in [2.75, 3.05) is 25.0 Å². The third-order valence-electron chi connectivity index (χ3n) is 9.53. The predicted molar refractivity (Wildman–Crippen MR) is 210 cm³/mol. The average molecular weight is 788 g/mol. The van der Waals surface area contributed by atoms with Crippen LogP contribution >= 0.6 is 0 Å². The second kappa shape index (κ2) is 17.7. The maximum absolute atomic E-state index is 14.8. The SMILES string of the molecule is CC(C)(C)OC(=O)N1C[C@@H](N(C(=O)CN)C(=O)OC(C)(C)C)C[C@@H]1C(=O)N1C[C@H](NC(=O)[C@H](O)CCc2ccccc2)C[C@H]1C(=O)Nc1cnc2ccccc2c1. The Morgan fingerprint density at radius 2 is 1.56 bits per heavy atom. The molecule has 1 aromatic heterocycles. The molecule has 2 saturated heterocycles. The number of imide groups is 1. The summed E-state index contributed by atoms with van der Waals surface area (Å²) < 4.78 is 11.2. The number of hydrogen-bond acceptors (Lipinski definition) is 11. The molecule has 2 fully saturated rings. The zero-order valence-electron chi connectivity index (χ0n) is 33.3. The fourth-order valence-corrected chi connectivity index (χ4v) is 6.99. The third-order valence-corrected chi connectivity index (χ3v) is 9.53. The topological polar surface area (TPSA) is 214 Å². The number of fused-ring (bicyclic) bond motifs is 1. The van der Waals surface area contributed by atoms with Gasteiger partial charge in [-0.1, -0.05) is 48.5 Å². The van der Waals surface area contributed by atoms with E-state index in [1.54, 1.807) is 47.6 Å². The number of rotatable bonds is 10. The van der Waals surface area contributed by atoms with Crippen molar-refractivity contribution in [1.29, 1.82) is 0 Å². The number of pyridine rings is 1. The molecular formula is C41H53N7O9. The quantitative estimate of drug-likeness (QED) is 0.234. The van der Waals surface area contributed by atoms with Crippen molar-refractivity contribution in [3.8, 4) is 0 Å². The Kier molecular flexibility index (Phi) is 13.2. The molecule has 0 spiro atoms. The first kappa shape index (κ1) is 42.5. The summed E-state index contributed by atoms with van der Waals surface area (Å²) in [5.74, 6) is -2.69. The van der Waals surface area contributed by atoms with Crippen LogP contribution in [-0.2, 0) is 35.1 Å². The van der Waals surface area contributed by atoms with Crippen LogP contribution < -0.4 is 16.4 Å². The molecule has 0 aliphatic carbocycles. The highest BCUT2D eigenvalue weighted by molar-refractivity contribution is 6.00. The van der Waals surface area contributed by atoms with Gasteiger partial charge in [0.25, 0.3) is 0 Å². The summed E-state index contributed by atoms with van der Waals surface area (Å²) >= 11 is 0. The number of benzene rings is 2. The van der Waals surface area contributed by atoms with Crippen molar-refractivity contribution in [2.24, 2.45) is 5.73 Å². The van der Waals surface area contributed by atoms with Gasteiger partial charge in [-0.3, -0.25) is 29.1 Å². The number of carbonyl (C=O) groups is 6. The minimum Gasteiger partial charge on any atom is -0.444 e. The molecule has 3 aromatic rings. The maximum atomic E-state index is 14.8. The molecule has 306 valence electrons. The number of ether oxygens (including phenoxy) is 2. The van der Waals surface area contributed by atoms with E-state index in [2.05, 4.69) is 15.6 Å². The molecule has 0 unspecified atom stereocenters. The zero-order chi connectivity index (χ0) is 41.7. The highest BCUT2D eigenvalue weighted by atomic mass is 16.6. The van der Waals surface area contributed by atoms with Gasteiger partial charge in [0.05, 0.1) is 30.0 Å². The lowest BCUT2D eigenvalue weighted by molar-refractivity contribution is -0.140. The molecule has 57 heavy (non-hydrogen) atoms. The maximum Gasteiger partial charge on any atom is 0.417 e. The van der Waals surface area contributed by atoms with E-state index in [9.17, 15) is 33.9 Å². The molecule has 5 N–H and O–H groups in total. The number of aryl methyl sites for hydroxylation is 1. The van der Waals surface area contributed by atoms with Crippen LogP contribution in [0.5, 0.6) is 0 Å². The number of nitrogens with one attached hydrogen (secondary N) is 2. The fourth-order valence-electron chi connectivity index (χ4n) is 6.99. The Morgan fingerprint density at radius 1 is 0.895 bits per heavy atom. The van der Waals surface area contributed by atoms with E-state index in [1.165, 1.54) is 11.1 Å². The number of para-hydroxylation sites is 1. The van der Waals surface area contributed by atoms with Gasteiger partial charge in [0.15, 0.2) is 0 Å². The first-order valence-corrected chi connectivity index (χ1v) is 19.1. The molecule has 16 nitrogen and oxygen atoms in total. The standard InChI is InChI=1S/C41H53N7O9/c1-40(2,3)56-38(54)47-24-29(48(34(50)21-42)39(55)57-41(4,5)6)20-32(47)37(53)46-23-28(45-36(52)33(49)17-16-25-12-8-7-9-13-25)19-31(46)35(51)44-27-18-26-14-10-11-15-30(26)43-22-27/h7-15,18,22,28-29,31-33,49H,16-17,19-21,23-24,42H2,1-6H3,(H,44,51)(H,45,52)/t28-,29+,31+,32-,33-/m1/s1. The number of amides is 6. The van der Waals surface area contributed by atoms with E-state index in [0.29, 0.717) is 17.6 Å². The third kappa shape index (κ3) is 11.0. The van der Waals surface area contributed by atoms with E-state index in [1.807, 2.05) is 54.6 Å². The summed E-state index contributed by atoms with van der Waals surface area (Å²) in [6.45, 7) is 8.90. The number of nitrogens with two attached hydrogens (primary N) is 1. The summed E-state index contributed by atoms with van der Waals surface area (Å²) in [4.78, 5) is 90.1. The number of anilines is 1. The first-order valence-electron chi connectivity index (χ1n) is 19.1. The fraction of sp³-hybridized carbons (Fsp3) is 0.488. The van der Waals surface area contributed by atoms with Gasteiger partial charge in [0.2, 0.25) is 23.6 Å². The lowest BCUT2D eigenvalue weighted by atomic mass is 10.1. The van der Waals surface area contributed by atoms with E-state index in [-0.39, 0.29) is 32.4 Å². The van der Waals surface area contributed by atoms with Crippen LogP contribution in [0.4, 0.5) is 15.3 Å². The predicted octanol–water partition coefficient (Wildman–Crippen LogP) is 3.35. The van der Waals surface area contributed by atoms with E-state index in [0.717, 1.165) is 20.7 Å². The van der Waals surface area contributed by atoms with Crippen LogP contribution in [-0.4, -0.2) is 122 Å². The molecule has 6 amide bonds. The van der Waals surface area contributed by atoms with Crippen LogP contribution in [0, 0.1) is 0 Å². The largest absolute Gasteiger partial charge is 0.444 e. The van der Waals surface area contributed by atoms with Crippen LogP contribution in [0.3, 0.4) is 0 Å². The molecule has 16 heteroatoms. The van der Waals surface area contributed by atoms with Crippen LogP contribution in [0.1, 0.15) is 66.4 Å². The van der Waals surface area contributed by atoms with Crippen molar-refractivity contribution >= 4 is 52.4 Å². The van der Waals surface area contributed by atoms with Crippen LogP contribution in [0.15, 0.2) is 66.9 Å². The van der Waals surface area contributed by atoms with Crippen molar-refractivity contribution < 1.29 is 43.3 Å². The Balaban J connectivity index is 1.43. The molecule has 5 rings (SSSR count). The van der Waals surface area contributed by atoms with Crippen LogP contribution in [0.2, 0.25) is 0 Å². The number of hydrogen-bond donors (Lipinski definition) is 4. The van der Waals surface area contributed by atoms with Gasteiger partial charge < -0.3 is 35.8 Å². The average Bonchev–Trinajstić information content (AvgIpc) is 3.78. The molecule has 0 bridgehead atoms. The number of aliphatic hydroxyl groups is 1. The van der Waals surface area contributed by atoms with Gasteiger partial charge in [-0.25, -0.2) is 14.5 Å². The summed E-state index contributed by atoms with van der Waals surface area (Å²) in [6.07, 6.45) is -1.36. The molecule has 0 saturated carbocycles. The van der Waals surface area contributed by atoms with E-state index >= 15 is 0 Å². The Labute approximate surface area is 332 Å². The number of aromatic nitrogens is 1. The Morgan fingerprint density at radius 3 is 2.23 bits per heavy atom. The first-order chi connectivity index (χ1) is 26.8. The van der Waals surface area contributed by atoms with E-state index < -0.39 is 83.8 Å². The van der Waals surface area contributed by atoms with Gasteiger partial charge in [0.1, 0.15) is 29.4 Å². The second-order valence-electron chi connectivity index (χ2n) is 16.4.